The molecule has 4 nitrogen and oxygen atoms in total. The second kappa shape index (κ2) is 20.4. The quantitative estimate of drug-likeness (QED) is 0.107. The van der Waals surface area contributed by atoms with Crippen molar-refractivity contribution in [1.82, 2.24) is 14.5 Å². The van der Waals surface area contributed by atoms with Crippen molar-refractivity contribution in [3.8, 4) is 50.6 Å². The summed E-state index contributed by atoms with van der Waals surface area (Å²) in [6.07, 6.45) is 9.03. The van der Waals surface area contributed by atoms with E-state index in [4.69, 9.17) is 14.4 Å². The number of aromatic nitrogens is 3. The maximum absolute atomic E-state index is 6.73. The molecule has 11 rings (SSSR count). The van der Waals surface area contributed by atoms with E-state index in [0.717, 1.165) is 67.1 Å². The summed E-state index contributed by atoms with van der Waals surface area (Å²) in [5.74, 6) is 2.14. The fourth-order valence-electron chi connectivity index (χ4n) is 10.3. The zero-order valence-corrected chi connectivity index (χ0v) is 44.3. The molecule has 6 heteroatoms. The van der Waals surface area contributed by atoms with Gasteiger partial charge in [0.1, 0.15) is 5.58 Å². The van der Waals surface area contributed by atoms with E-state index in [9.17, 15) is 0 Å². The van der Waals surface area contributed by atoms with Gasteiger partial charge in [-0.05, 0) is 105 Å². The molecule has 1 saturated carbocycles. The van der Waals surface area contributed by atoms with E-state index in [0.29, 0.717) is 0 Å². The summed E-state index contributed by atoms with van der Waals surface area (Å²) in [7, 11) is -1.36. The number of hydrogen-bond acceptors (Lipinski definition) is 3. The van der Waals surface area contributed by atoms with E-state index in [1.165, 1.54) is 65.6 Å². The Balaban J connectivity index is 0.000000217. The molecule has 0 aliphatic heterocycles. The van der Waals surface area contributed by atoms with Gasteiger partial charge >= 0.3 is 0 Å². The zero-order valence-electron chi connectivity index (χ0n) is 40.9. The second-order valence-corrected chi connectivity index (χ2v) is 25.3. The van der Waals surface area contributed by atoms with E-state index in [1.807, 2.05) is 24.3 Å². The van der Waals surface area contributed by atoms with Gasteiger partial charge in [-0.15, -0.1) is 54.1 Å². The van der Waals surface area contributed by atoms with E-state index < -0.39 is 8.07 Å². The molecule has 3 aromatic heterocycles. The van der Waals surface area contributed by atoms with Gasteiger partial charge in [0.2, 0.25) is 0 Å². The maximum atomic E-state index is 6.73. The number of benzene rings is 7. The number of furan rings is 1. The van der Waals surface area contributed by atoms with Crippen LogP contribution in [0.4, 0.5) is 0 Å². The maximum Gasteiger partial charge on any atom is 0.121 e. The Labute approximate surface area is 423 Å². The molecule has 1 aliphatic rings. The summed E-state index contributed by atoms with van der Waals surface area (Å²) in [6.45, 7) is 16.4. The fourth-order valence-corrected chi connectivity index (χ4v) is 11.9. The van der Waals surface area contributed by atoms with Gasteiger partial charge in [0.05, 0.1) is 30.5 Å². The van der Waals surface area contributed by atoms with E-state index in [-0.39, 0.29) is 31.9 Å². The van der Waals surface area contributed by atoms with E-state index >= 15 is 0 Å². The first-order valence-corrected chi connectivity index (χ1v) is 28.1. The number of pyridine rings is 1. The molecule has 1 fully saturated rings. The molecule has 1 aliphatic carbocycles. The fraction of sp³-hybridized carbons (Fsp3) is 0.238. The van der Waals surface area contributed by atoms with Crippen LogP contribution in [-0.4, -0.2) is 22.6 Å². The molecule has 0 bridgehead atoms. The summed E-state index contributed by atoms with van der Waals surface area (Å²) >= 11 is 0. The molecule has 0 spiro atoms. The molecule has 69 heavy (non-hydrogen) atoms. The summed E-state index contributed by atoms with van der Waals surface area (Å²) in [5.41, 5.74) is 16.9. The molecule has 0 unspecified atom stereocenters. The van der Waals surface area contributed by atoms with Gasteiger partial charge in [-0.2, -0.15) is 0 Å². The van der Waals surface area contributed by atoms with Crippen LogP contribution in [0.15, 0.2) is 168 Å². The zero-order chi connectivity index (χ0) is 46.9. The number of hydrogen-bond donors (Lipinski definition) is 0. The summed E-state index contributed by atoms with van der Waals surface area (Å²) in [5, 5.41) is 3.71. The number of imidazole rings is 1. The van der Waals surface area contributed by atoms with Crippen LogP contribution in [0.2, 0.25) is 19.6 Å². The Morgan fingerprint density at radius 1 is 0.623 bits per heavy atom. The largest absolute Gasteiger partial charge is 0.501 e. The molecule has 0 atom stereocenters. The number of nitrogens with zero attached hydrogens (tertiary/aromatic N) is 3. The van der Waals surface area contributed by atoms with Gasteiger partial charge in [0.15, 0.2) is 0 Å². The number of para-hydroxylation sites is 2. The Kier molecular flexibility index (Phi) is 14.2. The van der Waals surface area contributed by atoms with Gasteiger partial charge < -0.3 is 14.0 Å². The molecule has 1 radical (unpaired) electrons. The standard InChI is InChI=1S/C43H35N2O.C20H26NSi.Ir/c1-27(2)36-24-32(30-16-9-6-10-17-30)25-37(28(3)4)41(36)45-39-21-12-11-20-38(39)44-43(45)35-19-13-18-34-33-23-22-31(26-40(33)46-42(34)35)29-14-7-5-8-15-29;1-22(2,3)20-15-21-19(17-12-8-5-9-13-17)14-18(20)16-10-6-4-7-11-16;/h5-18,20-28H,1-4H3;5,8-9,12,14-16H,4,6-7,10-11H2,1-3H3;/q2*-1;. The van der Waals surface area contributed by atoms with Crippen LogP contribution in [0.5, 0.6) is 0 Å². The van der Waals surface area contributed by atoms with Gasteiger partial charge in [-0.3, -0.25) is 4.98 Å². The third-order valence-corrected chi connectivity index (χ3v) is 15.9. The van der Waals surface area contributed by atoms with Gasteiger partial charge in [-0.1, -0.05) is 174 Å². The first kappa shape index (κ1) is 47.9. The summed E-state index contributed by atoms with van der Waals surface area (Å²) in [4.78, 5) is 10.1. The third-order valence-electron chi connectivity index (χ3n) is 13.8. The SMILES string of the molecule is CC(C)c1cc(-c2ccccc2)cc(C(C)C)c1-n1c(-c2[c-]ccc3c2oc2cc(-c4ccccc4)ccc23)nc2ccccc21.C[Si](C)(C)c1cnc(-c2[c-]cccc2)cc1C1CCCCC1.[Ir]. The van der Waals surface area contributed by atoms with Crippen LogP contribution in [0.1, 0.15) is 94.2 Å². The molecule has 3 heterocycles. The van der Waals surface area contributed by atoms with Crippen molar-refractivity contribution in [2.45, 2.75) is 97.2 Å². The topological polar surface area (TPSA) is 43.9 Å². The van der Waals surface area contributed by atoms with Gasteiger partial charge in [-0.25, -0.2) is 0 Å². The minimum absolute atomic E-state index is 0. The molecular weight excluding hydrogens is 1040 g/mol. The average Bonchev–Trinajstić information content (AvgIpc) is 3.95. The van der Waals surface area contributed by atoms with Crippen molar-refractivity contribution in [2.24, 2.45) is 0 Å². The van der Waals surface area contributed by atoms with Crippen molar-refractivity contribution < 1.29 is 24.5 Å². The van der Waals surface area contributed by atoms with Crippen molar-refractivity contribution >= 4 is 46.2 Å². The van der Waals surface area contributed by atoms with Crippen molar-refractivity contribution in [3.63, 3.8) is 0 Å². The van der Waals surface area contributed by atoms with Crippen LogP contribution in [-0.2, 0) is 20.1 Å². The Morgan fingerprint density at radius 2 is 1.28 bits per heavy atom. The molecule has 0 saturated heterocycles. The second-order valence-electron chi connectivity index (χ2n) is 20.2. The monoisotopic (exact) mass is 1100 g/mol. The first-order chi connectivity index (χ1) is 33.0. The molecular formula is C63H61IrN3OSi-2. The molecule has 0 amide bonds. The Morgan fingerprint density at radius 3 is 1.93 bits per heavy atom. The Hall–Kier alpha value is -6.17. The normalized spacial score (nSPS) is 13.2. The Bertz CT molecular complexity index is 3330. The summed E-state index contributed by atoms with van der Waals surface area (Å²) < 4.78 is 9.10. The molecule has 10 aromatic rings. The number of rotatable bonds is 9. The van der Waals surface area contributed by atoms with Crippen LogP contribution < -0.4 is 5.19 Å². The van der Waals surface area contributed by atoms with E-state index in [2.05, 4.69) is 204 Å². The minimum atomic E-state index is -1.36. The van der Waals surface area contributed by atoms with Crippen LogP contribution in [0, 0.1) is 12.1 Å². The molecule has 349 valence electrons. The third kappa shape index (κ3) is 9.73. The minimum Gasteiger partial charge on any atom is -0.501 e. The van der Waals surface area contributed by atoms with E-state index in [1.54, 1.807) is 10.8 Å². The van der Waals surface area contributed by atoms with Gasteiger partial charge in [0, 0.05) is 37.4 Å². The van der Waals surface area contributed by atoms with Crippen molar-refractivity contribution in [3.05, 3.63) is 193 Å². The average molecular weight is 1100 g/mol. The van der Waals surface area contributed by atoms with Crippen LogP contribution in [0.25, 0.3) is 83.6 Å². The predicted molar refractivity (Wildman–Crippen MR) is 289 cm³/mol. The molecule has 0 N–H and O–H groups in total. The van der Waals surface area contributed by atoms with Crippen LogP contribution in [0.3, 0.4) is 0 Å². The first-order valence-electron chi connectivity index (χ1n) is 24.6. The van der Waals surface area contributed by atoms with Gasteiger partial charge in [0.25, 0.3) is 0 Å². The summed E-state index contributed by atoms with van der Waals surface area (Å²) in [6, 6.07) is 62.4. The van der Waals surface area contributed by atoms with Crippen LogP contribution >= 0.6 is 0 Å². The smallest absolute Gasteiger partial charge is 0.121 e. The number of fused-ring (bicyclic) bond motifs is 4. The molecule has 7 aromatic carbocycles. The van der Waals surface area contributed by atoms with Crippen molar-refractivity contribution in [1.29, 1.82) is 0 Å². The predicted octanol–water partition coefficient (Wildman–Crippen LogP) is 17.1. The van der Waals surface area contributed by atoms with Crippen molar-refractivity contribution in [2.75, 3.05) is 0 Å².